The van der Waals surface area contributed by atoms with Crippen LogP contribution in [0.5, 0.6) is 5.75 Å². The number of Topliss-reactive ketones (excluding diaryl/α,β-unsaturated/α-hetero) is 1. The van der Waals surface area contributed by atoms with E-state index in [0.717, 1.165) is 5.56 Å². The molecule has 6 heteroatoms. The van der Waals surface area contributed by atoms with Crippen LogP contribution in [0.1, 0.15) is 29.7 Å². The van der Waals surface area contributed by atoms with Gasteiger partial charge in [-0.25, -0.2) is 0 Å². The van der Waals surface area contributed by atoms with E-state index in [9.17, 15) is 14.7 Å². The average molecular weight is 395 g/mol. The third-order valence-electron chi connectivity index (χ3n) is 4.89. The van der Waals surface area contributed by atoms with Gasteiger partial charge in [0.15, 0.2) is 0 Å². The lowest BCUT2D eigenvalue weighted by atomic mass is 9.95. The number of aryl methyl sites for hydroxylation is 1. The minimum Gasteiger partial charge on any atom is -0.507 e. The summed E-state index contributed by atoms with van der Waals surface area (Å²) in [4.78, 5) is 27.1. The van der Waals surface area contributed by atoms with Gasteiger partial charge in [0.1, 0.15) is 11.5 Å². The van der Waals surface area contributed by atoms with E-state index < -0.39 is 17.7 Å². The van der Waals surface area contributed by atoms with Crippen LogP contribution in [-0.2, 0) is 14.3 Å². The third kappa shape index (κ3) is 4.17. The van der Waals surface area contributed by atoms with Gasteiger partial charge in [0.25, 0.3) is 11.7 Å². The summed E-state index contributed by atoms with van der Waals surface area (Å²) in [6.07, 6.45) is 0. The molecular weight excluding hydrogens is 370 g/mol. The lowest BCUT2D eigenvalue weighted by molar-refractivity contribution is -0.140. The largest absolute Gasteiger partial charge is 0.507 e. The Labute approximate surface area is 170 Å². The van der Waals surface area contributed by atoms with Gasteiger partial charge in [-0.2, -0.15) is 0 Å². The molecule has 1 saturated heterocycles. The molecule has 1 aliphatic heterocycles. The second-order valence-electron chi connectivity index (χ2n) is 6.86. The van der Waals surface area contributed by atoms with Crippen LogP contribution in [0.4, 0.5) is 0 Å². The van der Waals surface area contributed by atoms with E-state index in [0.29, 0.717) is 23.5 Å². The highest BCUT2D eigenvalue weighted by Gasteiger charge is 2.45. The Balaban J connectivity index is 2.14. The van der Waals surface area contributed by atoms with Crippen molar-refractivity contribution >= 4 is 17.4 Å². The molecule has 2 aromatic carbocycles. The first-order valence-electron chi connectivity index (χ1n) is 9.55. The van der Waals surface area contributed by atoms with Crippen molar-refractivity contribution in [3.05, 3.63) is 70.8 Å². The van der Waals surface area contributed by atoms with Crippen LogP contribution in [0, 0.1) is 6.92 Å². The highest BCUT2D eigenvalue weighted by atomic mass is 16.5. The first-order chi connectivity index (χ1) is 14.0. The Morgan fingerprint density at radius 1 is 1.14 bits per heavy atom. The Morgan fingerprint density at radius 2 is 1.86 bits per heavy atom. The second kappa shape index (κ2) is 8.92. The molecule has 1 fully saturated rings. The second-order valence-corrected chi connectivity index (χ2v) is 6.86. The maximum absolute atomic E-state index is 12.9. The zero-order valence-corrected chi connectivity index (χ0v) is 16.8. The first-order valence-corrected chi connectivity index (χ1v) is 9.55. The summed E-state index contributed by atoms with van der Waals surface area (Å²) in [5.41, 5.74) is 2.29. The van der Waals surface area contributed by atoms with E-state index in [2.05, 4.69) is 0 Å². The lowest BCUT2D eigenvalue weighted by Gasteiger charge is -2.25. The van der Waals surface area contributed by atoms with Gasteiger partial charge in [-0.05, 0) is 31.5 Å². The summed E-state index contributed by atoms with van der Waals surface area (Å²) >= 11 is 0. The number of benzene rings is 2. The van der Waals surface area contributed by atoms with Crippen LogP contribution >= 0.6 is 0 Å². The molecule has 1 aliphatic rings. The summed E-state index contributed by atoms with van der Waals surface area (Å²) in [6.45, 7) is 4.83. The first kappa shape index (κ1) is 20.6. The van der Waals surface area contributed by atoms with Gasteiger partial charge < -0.3 is 19.5 Å². The van der Waals surface area contributed by atoms with Crippen molar-refractivity contribution in [3.63, 3.8) is 0 Å². The maximum atomic E-state index is 12.9. The number of aliphatic hydroxyl groups is 1. The number of ketones is 1. The van der Waals surface area contributed by atoms with Crippen molar-refractivity contribution < 1.29 is 24.2 Å². The summed E-state index contributed by atoms with van der Waals surface area (Å²) in [5, 5.41) is 11.0. The highest BCUT2D eigenvalue weighted by Crippen LogP contribution is 2.40. The average Bonchev–Trinajstić information content (AvgIpc) is 2.97. The fourth-order valence-electron chi connectivity index (χ4n) is 3.45. The van der Waals surface area contributed by atoms with Crippen molar-refractivity contribution in [2.45, 2.75) is 19.9 Å². The minimum atomic E-state index is -0.716. The fraction of sp³-hybridized carbons (Fsp3) is 0.304. The van der Waals surface area contributed by atoms with Gasteiger partial charge in [0.05, 0.1) is 24.8 Å². The van der Waals surface area contributed by atoms with Crippen molar-refractivity contribution in [1.82, 2.24) is 4.90 Å². The number of nitrogens with zero attached hydrogens (tertiary/aromatic N) is 1. The number of likely N-dealkylation sites (tertiary alicyclic amines) is 1. The molecule has 1 unspecified atom stereocenters. The van der Waals surface area contributed by atoms with Crippen molar-refractivity contribution in [1.29, 1.82) is 0 Å². The summed E-state index contributed by atoms with van der Waals surface area (Å²) in [5.74, 6) is -0.902. The number of amides is 1. The van der Waals surface area contributed by atoms with Crippen LogP contribution in [0.2, 0.25) is 0 Å². The van der Waals surface area contributed by atoms with Gasteiger partial charge in [0, 0.05) is 19.2 Å². The number of ether oxygens (including phenoxy) is 2. The molecule has 29 heavy (non-hydrogen) atoms. The van der Waals surface area contributed by atoms with E-state index in [-0.39, 0.29) is 24.5 Å². The molecule has 1 heterocycles. The summed E-state index contributed by atoms with van der Waals surface area (Å²) in [7, 11) is 1.54. The summed E-state index contributed by atoms with van der Waals surface area (Å²) < 4.78 is 10.7. The van der Waals surface area contributed by atoms with E-state index >= 15 is 0 Å². The predicted molar refractivity (Wildman–Crippen MR) is 110 cm³/mol. The molecule has 3 rings (SSSR count). The maximum Gasteiger partial charge on any atom is 0.295 e. The monoisotopic (exact) mass is 395 g/mol. The highest BCUT2D eigenvalue weighted by molar-refractivity contribution is 6.46. The zero-order valence-electron chi connectivity index (χ0n) is 16.8. The number of aliphatic hydroxyl groups excluding tert-OH is 1. The summed E-state index contributed by atoms with van der Waals surface area (Å²) in [6, 6.07) is 13.7. The van der Waals surface area contributed by atoms with Crippen LogP contribution < -0.4 is 4.74 Å². The smallest absolute Gasteiger partial charge is 0.295 e. The van der Waals surface area contributed by atoms with Gasteiger partial charge in [-0.15, -0.1) is 0 Å². The molecule has 152 valence electrons. The Hall–Kier alpha value is -3.12. The van der Waals surface area contributed by atoms with Gasteiger partial charge in [0.2, 0.25) is 0 Å². The zero-order chi connectivity index (χ0) is 21.0. The lowest BCUT2D eigenvalue weighted by Crippen LogP contribution is -2.32. The molecule has 6 nitrogen and oxygen atoms in total. The molecule has 1 atom stereocenters. The molecule has 0 bridgehead atoms. The molecule has 0 aliphatic carbocycles. The standard InChI is InChI=1S/C23H25NO5/c1-4-29-18-7-5-6-17(14-18)20-19(21(25)16-10-8-15(2)9-11-16)22(26)23(27)24(20)12-13-28-3/h5-11,14,20,25H,4,12-13H2,1-3H3/b21-19+. The minimum absolute atomic E-state index is 0.0728. The molecule has 0 saturated carbocycles. The quantitative estimate of drug-likeness (QED) is 0.441. The molecule has 0 radical (unpaired) electrons. The molecule has 2 aromatic rings. The van der Waals surface area contributed by atoms with Crippen LogP contribution in [0.25, 0.3) is 5.76 Å². The number of hydrogen-bond acceptors (Lipinski definition) is 5. The molecule has 1 N–H and O–H groups in total. The molecular formula is C23H25NO5. The van der Waals surface area contributed by atoms with Crippen LogP contribution in [0.15, 0.2) is 54.1 Å². The Kier molecular flexibility index (Phi) is 6.34. The number of hydrogen-bond donors (Lipinski definition) is 1. The SMILES string of the molecule is CCOc1cccc(C2/C(=C(\O)c3ccc(C)cc3)C(=O)C(=O)N2CCOC)c1. The molecule has 0 spiro atoms. The van der Waals surface area contributed by atoms with Crippen molar-refractivity contribution in [2.24, 2.45) is 0 Å². The predicted octanol–water partition coefficient (Wildman–Crippen LogP) is 3.46. The van der Waals surface area contributed by atoms with Crippen LogP contribution in [0.3, 0.4) is 0 Å². The van der Waals surface area contributed by atoms with Crippen molar-refractivity contribution in [2.75, 3.05) is 26.9 Å². The van der Waals surface area contributed by atoms with Gasteiger partial charge in [-0.1, -0.05) is 42.0 Å². The fourth-order valence-corrected chi connectivity index (χ4v) is 3.45. The van der Waals surface area contributed by atoms with E-state index in [4.69, 9.17) is 9.47 Å². The normalized spacial score (nSPS) is 18.3. The van der Waals surface area contributed by atoms with E-state index in [1.54, 1.807) is 18.2 Å². The number of methoxy groups -OCH3 is 1. The van der Waals surface area contributed by atoms with E-state index in [1.807, 2.05) is 44.2 Å². The van der Waals surface area contributed by atoms with E-state index in [1.165, 1.54) is 12.0 Å². The van der Waals surface area contributed by atoms with Gasteiger partial charge in [-0.3, -0.25) is 9.59 Å². The number of carbonyl (C=O) groups is 2. The Morgan fingerprint density at radius 3 is 2.52 bits per heavy atom. The number of carbonyl (C=O) groups excluding carboxylic acids is 2. The molecule has 0 aromatic heterocycles. The van der Waals surface area contributed by atoms with Gasteiger partial charge >= 0.3 is 0 Å². The number of rotatable bonds is 7. The Bertz CT molecular complexity index is 933. The van der Waals surface area contributed by atoms with Crippen LogP contribution in [-0.4, -0.2) is 48.6 Å². The van der Waals surface area contributed by atoms with Crippen molar-refractivity contribution in [3.8, 4) is 5.75 Å². The molecule has 1 amide bonds. The third-order valence-corrected chi connectivity index (χ3v) is 4.89. The topological polar surface area (TPSA) is 76.1 Å².